The number of fused-ring (bicyclic) bond motifs is 1. The zero-order valence-electron chi connectivity index (χ0n) is 16.1. The van der Waals surface area contributed by atoms with E-state index in [1.165, 1.54) is 6.07 Å². The van der Waals surface area contributed by atoms with Crippen LogP contribution in [0.4, 0.5) is 24.5 Å². The summed E-state index contributed by atoms with van der Waals surface area (Å²) >= 11 is 0.903. The van der Waals surface area contributed by atoms with Gasteiger partial charge in [0.2, 0.25) is 17.6 Å². The number of thioether (sulfide) groups is 1. The molecule has 1 fully saturated rings. The molecule has 0 atom stereocenters. The molecule has 1 aromatic heterocycles. The van der Waals surface area contributed by atoms with Crippen LogP contribution in [-0.2, 0) is 15.8 Å². The SMILES string of the molecule is O=C(CSc1nc(C(F)(F)F)nc2ccccc12)Nc1ccccc1N1CCCC1=O. The third-order valence-electron chi connectivity index (χ3n) is 4.70. The minimum atomic E-state index is -4.69. The normalized spacial score (nSPS) is 14.3. The van der Waals surface area contributed by atoms with Crippen LogP contribution in [0.5, 0.6) is 0 Å². The van der Waals surface area contributed by atoms with Crippen LogP contribution in [-0.4, -0.2) is 34.1 Å². The molecule has 31 heavy (non-hydrogen) atoms. The predicted octanol–water partition coefficient (Wildman–Crippen LogP) is 4.51. The van der Waals surface area contributed by atoms with Crippen LogP contribution in [0.25, 0.3) is 10.9 Å². The van der Waals surface area contributed by atoms with Gasteiger partial charge in [-0.1, -0.05) is 42.1 Å². The van der Waals surface area contributed by atoms with Crippen LogP contribution in [0.1, 0.15) is 18.7 Å². The number of nitrogens with zero attached hydrogens (tertiary/aromatic N) is 3. The molecule has 0 saturated carbocycles. The number of hydrogen-bond acceptors (Lipinski definition) is 5. The van der Waals surface area contributed by atoms with E-state index in [9.17, 15) is 22.8 Å². The fraction of sp³-hybridized carbons (Fsp3) is 0.238. The highest BCUT2D eigenvalue weighted by Gasteiger charge is 2.35. The Morgan fingerprint density at radius 1 is 1.10 bits per heavy atom. The smallest absolute Gasteiger partial charge is 0.324 e. The first-order chi connectivity index (χ1) is 14.8. The topological polar surface area (TPSA) is 75.2 Å². The monoisotopic (exact) mass is 446 g/mol. The summed E-state index contributed by atoms with van der Waals surface area (Å²) in [6.45, 7) is 0.577. The third kappa shape index (κ3) is 4.63. The lowest BCUT2D eigenvalue weighted by Gasteiger charge is -2.20. The second kappa shape index (κ2) is 8.54. The summed E-state index contributed by atoms with van der Waals surface area (Å²) in [5.41, 5.74) is 1.24. The molecule has 1 N–H and O–H groups in total. The molecule has 1 aliphatic rings. The molecule has 6 nitrogen and oxygen atoms in total. The highest BCUT2D eigenvalue weighted by atomic mass is 32.2. The summed E-state index contributed by atoms with van der Waals surface area (Å²) in [6.07, 6.45) is -3.48. The van der Waals surface area contributed by atoms with Crippen LogP contribution < -0.4 is 10.2 Å². The van der Waals surface area contributed by atoms with Crippen LogP contribution in [0.15, 0.2) is 53.6 Å². The maximum atomic E-state index is 13.2. The minimum absolute atomic E-state index is 0.0109. The van der Waals surface area contributed by atoms with Crippen molar-refractivity contribution < 1.29 is 22.8 Å². The zero-order chi connectivity index (χ0) is 22.0. The number of aromatic nitrogens is 2. The van der Waals surface area contributed by atoms with Crippen molar-refractivity contribution >= 4 is 45.9 Å². The summed E-state index contributed by atoms with van der Waals surface area (Å²) in [4.78, 5) is 33.4. The van der Waals surface area contributed by atoms with Gasteiger partial charge in [0.1, 0.15) is 5.03 Å². The van der Waals surface area contributed by atoms with E-state index in [1.54, 1.807) is 47.4 Å². The van der Waals surface area contributed by atoms with E-state index >= 15 is 0 Å². The Morgan fingerprint density at radius 2 is 1.84 bits per heavy atom. The number of halogens is 3. The largest absolute Gasteiger partial charge is 0.451 e. The van der Waals surface area contributed by atoms with Crippen LogP contribution >= 0.6 is 11.8 Å². The Bertz CT molecular complexity index is 1150. The van der Waals surface area contributed by atoms with Gasteiger partial charge in [-0.3, -0.25) is 9.59 Å². The van der Waals surface area contributed by atoms with Gasteiger partial charge in [0.25, 0.3) is 0 Å². The maximum absolute atomic E-state index is 13.2. The Labute approximate surface area is 179 Å². The molecule has 1 aliphatic heterocycles. The third-order valence-corrected chi connectivity index (χ3v) is 5.70. The van der Waals surface area contributed by atoms with Crippen molar-refractivity contribution in [3.63, 3.8) is 0 Å². The van der Waals surface area contributed by atoms with Crippen molar-refractivity contribution in [1.29, 1.82) is 0 Å². The van der Waals surface area contributed by atoms with Crippen molar-refractivity contribution in [1.82, 2.24) is 9.97 Å². The molecule has 2 amide bonds. The first-order valence-electron chi connectivity index (χ1n) is 9.49. The lowest BCUT2D eigenvalue weighted by Crippen LogP contribution is -2.26. The number of benzene rings is 2. The predicted molar refractivity (Wildman–Crippen MR) is 112 cm³/mol. The molecule has 1 saturated heterocycles. The number of carbonyl (C=O) groups excluding carboxylic acids is 2. The van der Waals surface area contributed by atoms with Crippen LogP contribution in [0.3, 0.4) is 0 Å². The number of nitrogens with one attached hydrogen (secondary N) is 1. The molecule has 2 heterocycles. The van der Waals surface area contributed by atoms with E-state index < -0.39 is 17.9 Å². The molecule has 160 valence electrons. The van der Waals surface area contributed by atoms with Crippen molar-refractivity contribution in [2.75, 3.05) is 22.5 Å². The van der Waals surface area contributed by atoms with Gasteiger partial charge in [0, 0.05) is 18.4 Å². The van der Waals surface area contributed by atoms with Gasteiger partial charge in [-0.05, 0) is 24.6 Å². The highest BCUT2D eigenvalue weighted by molar-refractivity contribution is 8.00. The van der Waals surface area contributed by atoms with E-state index in [0.29, 0.717) is 29.7 Å². The van der Waals surface area contributed by atoms with Crippen LogP contribution in [0, 0.1) is 0 Å². The maximum Gasteiger partial charge on any atom is 0.451 e. The summed E-state index contributed by atoms with van der Waals surface area (Å²) in [5.74, 6) is -1.82. The molecule has 0 radical (unpaired) electrons. The van der Waals surface area contributed by atoms with E-state index in [0.717, 1.165) is 18.2 Å². The molecular formula is C21H17F3N4O2S. The summed E-state index contributed by atoms with van der Waals surface area (Å²) < 4.78 is 39.5. The number of carbonyl (C=O) groups is 2. The number of hydrogen-bond donors (Lipinski definition) is 1. The Hall–Kier alpha value is -3.14. The van der Waals surface area contributed by atoms with E-state index in [4.69, 9.17) is 0 Å². The number of rotatable bonds is 5. The van der Waals surface area contributed by atoms with Gasteiger partial charge in [-0.25, -0.2) is 9.97 Å². The van der Waals surface area contributed by atoms with Gasteiger partial charge in [-0.2, -0.15) is 13.2 Å². The average molecular weight is 446 g/mol. The Kier molecular flexibility index (Phi) is 5.81. The fourth-order valence-corrected chi connectivity index (χ4v) is 4.14. The number of anilines is 2. The lowest BCUT2D eigenvalue weighted by molar-refractivity contribution is -0.145. The first-order valence-corrected chi connectivity index (χ1v) is 10.5. The van der Waals surface area contributed by atoms with Gasteiger partial charge in [0.15, 0.2) is 0 Å². The number of amides is 2. The van der Waals surface area contributed by atoms with Crippen LogP contribution in [0.2, 0.25) is 0 Å². The molecule has 0 bridgehead atoms. The number of para-hydroxylation sites is 3. The van der Waals surface area contributed by atoms with Gasteiger partial charge >= 0.3 is 6.18 Å². The summed E-state index contributed by atoms with van der Waals surface area (Å²) in [7, 11) is 0. The molecular weight excluding hydrogens is 429 g/mol. The number of alkyl halides is 3. The van der Waals surface area contributed by atoms with Crippen molar-refractivity contribution in [2.45, 2.75) is 24.0 Å². The van der Waals surface area contributed by atoms with Crippen molar-refractivity contribution in [2.24, 2.45) is 0 Å². The Morgan fingerprint density at radius 3 is 2.58 bits per heavy atom. The average Bonchev–Trinajstić information content (AvgIpc) is 3.17. The summed E-state index contributed by atoms with van der Waals surface area (Å²) in [6, 6.07) is 13.3. The van der Waals surface area contributed by atoms with E-state index in [2.05, 4.69) is 15.3 Å². The fourth-order valence-electron chi connectivity index (χ4n) is 3.32. The van der Waals surface area contributed by atoms with Gasteiger partial charge in [0.05, 0.1) is 22.6 Å². The highest BCUT2D eigenvalue weighted by Crippen LogP contribution is 2.33. The first kappa shape index (κ1) is 21.1. The second-order valence-electron chi connectivity index (χ2n) is 6.87. The minimum Gasteiger partial charge on any atom is -0.324 e. The van der Waals surface area contributed by atoms with Crippen molar-refractivity contribution in [3.05, 3.63) is 54.4 Å². The van der Waals surface area contributed by atoms with Gasteiger partial charge < -0.3 is 10.2 Å². The summed E-state index contributed by atoms with van der Waals surface area (Å²) in [5, 5.41) is 3.27. The molecule has 3 aromatic rings. The molecule has 0 aliphatic carbocycles. The molecule has 10 heteroatoms. The lowest BCUT2D eigenvalue weighted by atomic mass is 10.2. The molecule has 4 rings (SSSR count). The molecule has 0 spiro atoms. The molecule has 2 aromatic carbocycles. The standard InChI is InChI=1S/C21H17F3N4O2S/c22-21(23,24)20-26-14-7-2-1-6-13(14)19(27-20)31-12-17(29)25-15-8-3-4-9-16(15)28-11-5-10-18(28)30/h1-4,6-9H,5,10-12H2,(H,25,29). The van der Waals surface area contributed by atoms with Crippen molar-refractivity contribution in [3.8, 4) is 0 Å². The zero-order valence-corrected chi connectivity index (χ0v) is 17.0. The second-order valence-corrected chi connectivity index (χ2v) is 7.83. The van der Waals surface area contributed by atoms with E-state index in [-0.39, 0.29) is 22.2 Å². The van der Waals surface area contributed by atoms with E-state index in [1.807, 2.05) is 0 Å². The molecule has 0 unspecified atom stereocenters. The quantitative estimate of drug-likeness (QED) is 0.461. The Balaban J connectivity index is 1.53. The van der Waals surface area contributed by atoms with Gasteiger partial charge in [-0.15, -0.1) is 0 Å².